The first kappa shape index (κ1) is 18.3. The molecule has 5 heteroatoms. The maximum atomic E-state index is 13.3. The topological polar surface area (TPSA) is 48.0 Å². The van der Waals surface area contributed by atoms with Gasteiger partial charge in [-0.1, -0.05) is 25.1 Å². The lowest BCUT2D eigenvalue weighted by atomic mass is 9.65. The summed E-state index contributed by atoms with van der Waals surface area (Å²) in [6, 6.07) is 14.2. The Bertz CT molecular complexity index is 942. The van der Waals surface area contributed by atoms with Crippen LogP contribution in [-0.2, 0) is 16.6 Å². The summed E-state index contributed by atoms with van der Waals surface area (Å²) in [7, 11) is 0. The Morgan fingerprint density at radius 1 is 1.24 bits per heavy atom. The van der Waals surface area contributed by atoms with E-state index >= 15 is 0 Å². The molecule has 29 heavy (non-hydrogen) atoms. The summed E-state index contributed by atoms with van der Waals surface area (Å²) in [4.78, 5) is 15.4. The molecule has 0 N–H and O–H groups in total. The number of hydrogen-bond acceptors (Lipinski definition) is 4. The van der Waals surface area contributed by atoms with E-state index in [0.29, 0.717) is 18.1 Å². The highest BCUT2D eigenvalue weighted by Crippen LogP contribution is 2.46. The van der Waals surface area contributed by atoms with Gasteiger partial charge < -0.3 is 19.1 Å². The highest BCUT2D eigenvalue weighted by Gasteiger charge is 2.46. The molecule has 2 aromatic carbocycles. The molecule has 1 fully saturated rings. The van der Waals surface area contributed by atoms with Crippen LogP contribution in [0.4, 0.5) is 0 Å². The zero-order chi connectivity index (χ0) is 20.0. The molecule has 1 amide bonds. The zero-order valence-corrected chi connectivity index (χ0v) is 17.0. The van der Waals surface area contributed by atoms with Crippen molar-refractivity contribution in [3.63, 3.8) is 0 Å². The van der Waals surface area contributed by atoms with Crippen molar-refractivity contribution in [2.24, 2.45) is 0 Å². The number of amides is 1. The normalized spacial score (nSPS) is 27.2. The maximum absolute atomic E-state index is 13.3. The summed E-state index contributed by atoms with van der Waals surface area (Å²) >= 11 is 0. The average molecular weight is 393 g/mol. The molecule has 0 radical (unpaired) electrons. The lowest BCUT2D eigenvalue weighted by Crippen LogP contribution is -2.58. The van der Waals surface area contributed by atoms with Crippen LogP contribution in [0.15, 0.2) is 42.5 Å². The van der Waals surface area contributed by atoms with E-state index in [1.165, 1.54) is 11.1 Å². The third-order valence-corrected chi connectivity index (χ3v) is 6.60. The van der Waals surface area contributed by atoms with Crippen LogP contribution in [0.5, 0.6) is 17.2 Å². The lowest BCUT2D eigenvalue weighted by Gasteiger charge is -2.50. The Morgan fingerprint density at radius 2 is 2.07 bits per heavy atom. The molecule has 1 unspecified atom stereocenters. The van der Waals surface area contributed by atoms with Gasteiger partial charge in [0.25, 0.3) is 5.91 Å². The van der Waals surface area contributed by atoms with Crippen LogP contribution in [0.2, 0.25) is 0 Å². The second kappa shape index (κ2) is 6.97. The average Bonchev–Trinajstić information content (AvgIpc) is 2.74. The Labute approximate surface area is 171 Å². The largest absolute Gasteiger partial charge is 0.494 e. The van der Waals surface area contributed by atoms with Crippen molar-refractivity contribution in [1.82, 2.24) is 4.90 Å². The van der Waals surface area contributed by atoms with E-state index in [-0.39, 0.29) is 24.0 Å². The molecule has 3 aliphatic rings. The van der Waals surface area contributed by atoms with E-state index in [4.69, 9.17) is 14.2 Å². The number of rotatable bonds is 3. The van der Waals surface area contributed by atoms with E-state index in [0.717, 1.165) is 31.6 Å². The van der Waals surface area contributed by atoms with Crippen molar-refractivity contribution < 1.29 is 19.0 Å². The molecule has 152 valence electrons. The molecule has 5 nitrogen and oxygen atoms in total. The summed E-state index contributed by atoms with van der Waals surface area (Å²) in [6.45, 7) is 6.03. The molecule has 0 spiro atoms. The molecule has 0 aromatic heterocycles. The number of para-hydroxylation sites is 2. The summed E-state index contributed by atoms with van der Waals surface area (Å²) in [5, 5.41) is 0. The molecule has 1 saturated heterocycles. The van der Waals surface area contributed by atoms with Crippen LogP contribution in [0.25, 0.3) is 0 Å². The fourth-order valence-electron chi connectivity index (χ4n) is 5.13. The predicted molar refractivity (Wildman–Crippen MR) is 110 cm³/mol. The monoisotopic (exact) mass is 393 g/mol. The number of hydrogen-bond donors (Lipinski definition) is 0. The third-order valence-electron chi connectivity index (χ3n) is 6.60. The quantitative estimate of drug-likeness (QED) is 0.797. The summed E-state index contributed by atoms with van der Waals surface area (Å²) in [5.74, 6) is 2.34. The first-order chi connectivity index (χ1) is 14.1. The number of piperidine rings is 1. The van der Waals surface area contributed by atoms with Gasteiger partial charge in [-0.15, -0.1) is 0 Å². The van der Waals surface area contributed by atoms with E-state index in [1.54, 1.807) is 0 Å². The van der Waals surface area contributed by atoms with Gasteiger partial charge in [-0.25, -0.2) is 0 Å². The van der Waals surface area contributed by atoms with Crippen LogP contribution in [0, 0.1) is 0 Å². The molecule has 3 atom stereocenters. The van der Waals surface area contributed by atoms with Crippen LogP contribution in [-0.4, -0.2) is 42.7 Å². The van der Waals surface area contributed by atoms with Gasteiger partial charge in [-0.2, -0.15) is 0 Å². The van der Waals surface area contributed by atoms with Gasteiger partial charge in [0.2, 0.25) is 6.10 Å². The molecule has 5 rings (SSSR count). The van der Waals surface area contributed by atoms with Gasteiger partial charge in [0, 0.05) is 12.6 Å². The van der Waals surface area contributed by atoms with Crippen LogP contribution in [0.1, 0.15) is 37.8 Å². The smallest absolute Gasteiger partial charge is 0.267 e. The SMILES string of the molecule is CCOc1ccc2c(c1)[C@]1(C)CCN(C(=O)[C@H]3COc4ccccc4O3)C(C2)C1. The Hall–Kier alpha value is -2.69. The minimum atomic E-state index is -0.573. The molecular formula is C24H27NO4. The minimum absolute atomic E-state index is 0.0425. The van der Waals surface area contributed by atoms with E-state index in [1.807, 2.05) is 42.2 Å². The molecule has 1 aliphatic carbocycles. The van der Waals surface area contributed by atoms with Crippen LogP contribution < -0.4 is 14.2 Å². The highest BCUT2D eigenvalue weighted by molar-refractivity contribution is 5.82. The lowest BCUT2D eigenvalue weighted by molar-refractivity contribution is -0.146. The second-order valence-corrected chi connectivity index (χ2v) is 8.52. The summed E-state index contributed by atoms with van der Waals surface area (Å²) in [6.07, 6.45) is 2.23. The summed E-state index contributed by atoms with van der Waals surface area (Å²) < 4.78 is 17.5. The number of nitrogens with zero attached hydrogens (tertiary/aromatic N) is 1. The van der Waals surface area contributed by atoms with E-state index in [2.05, 4.69) is 19.1 Å². The van der Waals surface area contributed by atoms with Gasteiger partial charge in [-0.05, 0) is 67.0 Å². The van der Waals surface area contributed by atoms with E-state index < -0.39 is 6.10 Å². The Balaban J connectivity index is 1.37. The van der Waals surface area contributed by atoms with Gasteiger partial charge in [-0.3, -0.25) is 4.79 Å². The molecule has 2 heterocycles. The predicted octanol–water partition coefficient (Wildman–Crippen LogP) is 3.73. The molecule has 0 saturated carbocycles. The third kappa shape index (κ3) is 3.13. The molecule has 2 aliphatic heterocycles. The van der Waals surface area contributed by atoms with Gasteiger partial charge >= 0.3 is 0 Å². The first-order valence-corrected chi connectivity index (χ1v) is 10.5. The van der Waals surface area contributed by atoms with E-state index in [9.17, 15) is 4.79 Å². The molecular weight excluding hydrogens is 366 g/mol. The first-order valence-electron chi connectivity index (χ1n) is 10.5. The Morgan fingerprint density at radius 3 is 2.90 bits per heavy atom. The number of likely N-dealkylation sites (tertiary alicyclic amines) is 1. The summed E-state index contributed by atoms with van der Waals surface area (Å²) in [5.41, 5.74) is 2.80. The van der Waals surface area contributed by atoms with Crippen LogP contribution in [0.3, 0.4) is 0 Å². The fraction of sp³-hybridized carbons (Fsp3) is 0.458. The number of benzene rings is 2. The number of carbonyl (C=O) groups is 1. The molecule has 2 bridgehead atoms. The highest BCUT2D eigenvalue weighted by atomic mass is 16.6. The second-order valence-electron chi connectivity index (χ2n) is 8.52. The van der Waals surface area contributed by atoms with Gasteiger partial charge in [0.15, 0.2) is 11.5 Å². The van der Waals surface area contributed by atoms with Crippen molar-refractivity contribution in [1.29, 1.82) is 0 Å². The van der Waals surface area contributed by atoms with Crippen molar-refractivity contribution in [3.05, 3.63) is 53.6 Å². The number of ether oxygens (including phenoxy) is 3. The number of fused-ring (bicyclic) bond motifs is 5. The van der Waals surface area contributed by atoms with Gasteiger partial charge in [0.05, 0.1) is 6.61 Å². The van der Waals surface area contributed by atoms with Crippen LogP contribution >= 0.6 is 0 Å². The van der Waals surface area contributed by atoms with Gasteiger partial charge in [0.1, 0.15) is 12.4 Å². The van der Waals surface area contributed by atoms with Crippen molar-refractivity contribution in [2.45, 2.75) is 50.7 Å². The fourth-order valence-corrected chi connectivity index (χ4v) is 5.13. The zero-order valence-electron chi connectivity index (χ0n) is 17.0. The Kier molecular flexibility index (Phi) is 4.41. The minimum Gasteiger partial charge on any atom is -0.494 e. The molecule has 2 aromatic rings. The standard InChI is InChI=1S/C24H27NO4/c1-3-27-18-9-8-16-12-17-14-24(2,19(16)13-18)10-11-25(17)23(26)22-15-28-20-6-4-5-7-21(20)29-22/h4-9,13,17,22H,3,10-12,14-15H2,1-2H3/t17?,22-,24-/m1/s1. The van der Waals surface area contributed by atoms with Crippen molar-refractivity contribution in [2.75, 3.05) is 19.8 Å². The number of carbonyl (C=O) groups excluding carboxylic acids is 1. The van der Waals surface area contributed by atoms with Crippen molar-refractivity contribution in [3.8, 4) is 17.2 Å². The van der Waals surface area contributed by atoms with Crippen molar-refractivity contribution >= 4 is 5.91 Å². The maximum Gasteiger partial charge on any atom is 0.267 e.